The fourth-order valence-corrected chi connectivity index (χ4v) is 1.70. The molecule has 2 unspecified atom stereocenters. The maximum absolute atomic E-state index is 5.69. The van der Waals surface area contributed by atoms with Gasteiger partial charge in [-0.15, -0.1) is 0 Å². The molecule has 0 radical (unpaired) electrons. The van der Waals surface area contributed by atoms with E-state index in [2.05, 4.69) is 31.1 Å². The van der Waals surface area contributed by atoms with Crippen LogP contribution in [-0.4, -0.2) is 25.2 Å². The first kappa shape index (κ1) is 13.2. The average Bonchev–Trinajstić information content (AvgIpc) is 2.67. The van der Waals surface area contributed by atoms with Crippen molar-refractivity contribution in [2.75, 3.05) is 20.3 Å². The van der Waals surface area contributed by atoms with Crippen molar-refractivity contribution in [3.8, 4) is 0 Å². The highest BCUT2D eigenvalue weighted by molar-refractivity contribution is 4.98. The number of nitrogens with one attached hydrogen (secondary N) is 1. The van der Waals surface area contributed by atoms with Crippen LogP contribution in [0.4, 0.5) is 0 Å². The Hall–Kier alpha value is -0.870. The van der Waals surface area contributed by atoms with E-state index in [1.54, 1.807) is 7.11 Å². The minimum absolute atomic E-state index is 0.177. The van der Waals surface area contributed by atoms with Crippen LogP contribution in [0.5, 0.6) is 0 Å². The van der Waals surface area contributed by atoms with Gasteiger partial charge in [0.15, 0.2) is 0 Å². The normalized spacial score (nSPS) is 15.0. The maximum atomic E-state index is 5.69. The number of aromatic nitrogens is 1. The van der Waals surface area contributed by atoms with Crippen LogP contribution in [0.25, 0.3) is 0 Å². The smallest absolute Gasteiger partial charge is 0.211 e. The third-order valence-corrected chi connectivity index (χ3v) is 2.45. The third-order valence-electron chi connectivity index (χ3n) is 2.45. The number of ether oxygens (including phenoxy) is 1. The molecule has 1 N–H and O–H groups in total. The van der Waals surface area contributed by atoms with Crippen molar-refractivity contribution >= 4 is 0 Å². The van der Waals surface area contributed by atoms with Crippen LogP contribution in [0.3, 0.4) is 0 Å². The molecule has 1 aromatic heterocycles. The summed E-state index contributed by atoms with van der Waals surface area (Å²) in [4.78, 5) is 4.28. The Morgan fingerprint density at radius 2 is 2.25 bits per heavy atom. The molecule has 92 valence electrons. The van der Waals surface area contributed by atoms with Gasteiger partial charge in [0.25, 0.3) is 0 Å². The fourth-order valence-electron chi connectivity index (χ4n) is 1.70. The largest absolute Gasteiger partial charge is 0.444 e. The standard InChI is InChI=1S/C12H22N2O2/c1-5-13-10(3)12-14-7-11(16-12)6-9(2)8-15-4/h7,9-10,13H,5-6,8H2,1-4H3. The number of hydrogen-bond donors (Lipinski definition) is 1. The molecule has 0 saturated heterocycles. The summed E-state index contributed by atoms with van der Waals surface area (Å²) >= 11 is 0. The highest BCUT2D eigenvalue weighted by Gasteiger charge is 2.12. The lowest BCUT2D eigenvalue weighted by Gasteiger charge is -2.08. The molecule has 1 rings (SSSR count). The predicted molar refractivity (Wildman–Crippen MR) is 63.3 cm³/mol. The Morgan fingerprint density at radius 3 is 2.88 bits per heavy atom. The number of oxazole rings is 1. The molecule has 0 amide bonds. The van der Waals surface area contributed by atoms with Crippen molar-refractivity contribution in [1.82, 2.24) is 10.3 Å². The second-order valence-electron chi connectivity index (χ2n) is 4.21. The minimum atomic E-state index is 0.177. The molecule has 0 aromatic carbocycles. The van der Waals surface area contributed by atoms with E-state index in [-0.39, 0.29) is 6.04 Å². The SMILES string of the molecule is CCNC(C)c1ncc(CC(C)COC)o1. The molecule has 0 saturated carbocycles. The van der Waals surface area contributed by atoms with Crippen molar-refractivity contribution in [3.63, 3.8) is 0 Å². The molecular weight excluding hydrogens is 204 g/mol. The molecule has 0 aliphatic heterocycles. The number of nitrogens with zero attached hydrogens (tertiary/aromatic N) is 1. The van der Waals surface area contributed by atoms with Gasteiger partial charge < -0.3 is 14.5 Å². The van der Waals surface area contributed by atoms with Crippen molar-refractivity contribution < 1.29 is 9.15 Å². The lowest BCUT2D eigenvalue weighted by molar-refractivity contribution is 0.156. The van der Waals surface area contributed by atoms with Gasteiger partial charge in [0, 0.05) is 20.1 Å². The monoisotopic (exact) mass is 226 g/mol. The van der Waals surface area contributed by atoms with E-state index < -0.39 is 0 Å². The molecule has 1 aromatic rings. The molecule has 4 nitrogen and oxygen atoms in total. The molecule has 0 spiro atoms. The zero-order valence-electron chi connectivity index (χ0n) is 10.6. The van der Waals surface area contributed by atoms with Gasteiger partial charge in [-0.3, -0.25) is 0 Å². The van der Waals surface area contributed by atoms with E-state index in [1.165, 1.54) is 0 Å². The number of rotatable bonds is 7. The Bertz CT molecular complexity index is 299. The lowest BCUT2D eigenvalue weighted by Crippen LogP contribution is -2.17. The van der Waals surface area contributed by atoms with Gasteiger partial charge in [0.2, 0.25) is 5.89 Å². The van der Waals surface area contributed by atoms with Crippen LogP contribution >= 0.6 is 0 Å². The van der Waals surface area contributed by atoms with E-state index in [9.17, 15) is 0 Å². The summed E-state index contributed by atoms with van der Waals surface area (Å²) in [5.41, 5.74) is 0. The summed E-state index contributed by atoms with van der Waals surface area (Å²) in [6, 6.07) is 0.177. The highest BCUT2D eigenvalue weighted by Crippen LogP contribution is 2.15. The van der Waals surface area contributed by atoms with Gasteiger partial charge in [-0.1, -0.05) is 13.8 Å². The van der Waals surface area contributed by atoms with Crippen LogP contribution < -0.4 is 5.32 Å². The van der Waals surface area contributed by atoms with E-state index in [1.807, 2.05) is 6.20 Å². The first-order valence-corrected chi connectivity index (χ1v) is 5.84. The van der Waals surface area contributed by atoms with Crippen molar-refractivity contribution in [2.45, 2.75) is 33.2 Å². The van der Waals surface area contributed by atoms with Gasteiger partial charge in [-0.2, -0.15) is 0 Å². The molecule has 0 fully saturated rings. The minimum Gasteiger partial charge on any atom is -0.444 e. The van der Waals surface area contributed by atoms with E-state index >= 15 is 0 Å². The summed E-state index contributed by atoms with van der Waals surface area (Å²) in [5.74, 6) is 2.16. The van der Waals surface area contributed by atoms with E-state index in [0.29, 0.717) is 5.92 Å². The Morgan fingerprint density at radius 1 is 1.50 bits per heavy atom. The first-order valence-electron chi connectivity index (χ1n) is 5.84. The molecule has 1 heterocycles. The molecule has 4 heteroatoms. The number of hydrogen-bond acceptors (Lipinski definition) is 4. The fraction of sp³-hybridized carbons (Fsp3) is 0.750. The van der Waals surface area contributed by atoms with Crippen LogP contribution in [0.2, 0.25) is 0 Å². The predicted octanol–water partition coefficient (Wildman–Crippen LogP) is 2.17. The van der Waals surface area contributed by atoms with Gasteiger partial charge in [-0.25, -0.2) is 4.98 Å². The zero-order valence-corrected chi connectivity index (χ0v) is 10.6. The van der Waals surface area contributed by atoms with E-state index in [4.69, 9.17) is 9.15 Å². The Kier molecular flexibility index (Phi) is 5.49. The second-order valence-corrected chi connectivity index (χ2v) is 4.21. The molecule has 0 bridgehead atoms. The topological polar surface area (TPSA) is 47.3 Å². The second kappa shape index (κ2) is 6.66. The van der Waals surface area contributed by atoms with Gasteiger partial charge >= 0.3 is 0 Å². The quantitative estimate of drug-likeness (QED) is 0.774. The molecular formula is C12H22N2O2. The summed E-state index contributed by atoms with van der Waals surface area (Å²) in [6.45, 7) is 7.93. The van der Waals surface area contributed by atoms with Crippen molar-refractivity contribution in [3.05, 3.63) is 17.8 Å². The lowest BCUT2D eigenvalue weighted by atomic mass is 10.1. The van der Waals surface area contributed by atoms with Crippen LogP contribution in [-0.2, 0) is 11.2 Å². The van der Waals surface area contributed by atoms with Gasteiger partial charge in [0.1, 0.15) is 5.76 Å². The van der Waals surface area contributed by atoms with Gasteiger partial charge in [0.05, 0.1) is 12.2 Å². The maximum Gasteiger partial charge on any atom is 0.211 e. The number of methoxy groups -OCH3 is 1. The summed E-state index contributed by atoms with van der Waals surface area (Å²) < 4.78 is 10.8. The Balaban J connectivity index is 2.50. The van der Waals surface area contributed by atoms with Crippen LogP contribution in [0.15, 0.2) is 10.6 Å². The zero-order chi connectivity index (χ0) is 12.0. The van der Waals surface area contributed by atoms with E-state index in [0.717, 1.165) is 31.2 Å². The van der Waals surface area contributed by atoms with Gasteiger partial charge in [-0.05, 0) is 19.4 Å². The Labute approximate surface area is 97.4 Å². The molecule has 0 aliphatic carbocycles. The summed E-state index contributed by atoms with van der Waals surface area (Å²) in [6.07, 6.45) is 2.69. The summed E-state index contributed by atoms with van der Waals surface area (Å²) in [5, 5.41) is 3.27. The van der Waals surface area contributed by atoms with Crippen LogP contribution in [0.1, 0.15) is 38.5 Å². The summed E-state index contributed by atoms with van der Waals surface area (Å²) in [7, 11) is 1.72. The molecule has 16 heavy (non-hydrogen) atoms. The highest BCUT2D eigenvalue weighted by atomic mass is 16.5. The molecule has 2 atom stereocenters. The third kappa shape index (κ3) is 3.94. The average molecular weight is 226 g/mol. The first-order chi connectivity index (χ1) is 7.67. The molecule has 0 aliphatic rings. The van der Waals surface area contributed by atoms with Crippen molar-refractivity contribution in [2.24, 2.45) is 5.92 Å². The van der Waals surface area contributed by atoms with Crippen molar-refractivity contribution in [1.29, 1.82) is 0 Å². The van der Waals surface area contributed by atoms with Crippen LogP contribution in [0, 0.1) is 5.92 Å².